The first-order valence-corrected chi connectivity index (χ1v) is 7.49. The second-order valence-electron chi connectivity index (χ2n) is 3.67. The standard InChI is InChI=1S/C12H10BrCl3N2O3/c1-2-21-11(20)8(10(17)12(14,15)16)9(19)6-3-4-18-5-7(6)13/h3-5,17,19H,2H2,1H3/b9-8+,17-10?. The molecule has 114 valence electrons. The lowest BCUT2D eigenvalue weighted by molar-refractivity contribution is -0.137. The number of aromatic nitrogens is 1. The zero-order valence-electron chi connectivity index (χ0n) is 10.7. The van der Waals surface area contributed by atoms with Gasteiger partial charge in [0.1, 0.15) is 17.0 Å². The second-order valence-corrected chi connectivity index (χ2v) is 6.81. The van der Waals surface area contributed by atoms with E-state index in [9.17, 15) is 9.90 Å². The Balaban J connectivity index is 3.48. The van der Waals surface area contributed by atoms with Crippen LogP contribution in [-0.4, -0.2) is 32.2 Å². The van der Waals surface area contributed by atoms with Crippen LogP contribution in [0, 0.1) is 5.41 Å². The van der Waals surface area contributed by atoms with E-state index >= 15 is 0 Å². The van der Waals surface area contributed by atoms with Gasteiger partial charge in [0.05, 0.1) is 6.61 Å². The predicted octanol–water partition coefficient (Wildman–Crippen LogP) is 4.07. The van der Waals surface area contributed by atoms with Gasteiger partial charge in [0, 0.05) is 22.4 Å². The van der Waals surface area contributed by atoms with E-state index in [0.29, 0.717) is 4.47 Å². The fourth-order valence-electron chi connectivity index (χ4n) is 1.36. The Labute approximate surface area is 144 Å². The summed E-state index contributed by atoms with van der Waals surface area (Å²) >= 11 is 20.0. The molecular weight excluding hydrogens is 406 g/mol. The Bertz CT molecular complexity index is 600. The SMILES string of the molecule is CCOC(=O)/C(C(=N)C(Cl)(Cl)Cl)=C(/O)c1ccncc1Br. The van der Waals surface area contributed by atoms with Crippen molar-refractivity contribution in [3.05, 3.63) is 34.1 Å². The molecule has 1 aromatic rings. The number of nitrogens with one attached hydrogen (secondary N) is 1. The molecule has 0 atom stereocenters. The number of nitrogens with zero attached hydrogens (tertiary/aromatic N) is 1. The highest BCUT2D eigenvalue weighted by Crippen LogP contribution is 2.34. The molecule has 1 rings (SSSR count). The lowest BCUT2D eigenvalue weighted by atomic mass is 10.1. The Morgan fingerprint density at radius 2 is 2.14 bits per heavy atom. The van der Waals surface area contributed by atoms with E-state index in [1.54, 1.807) is 6.92 Å². The molecular formula is C12H10BrCl3N2O3. The van der Waals surface area contributed by atoms with Crippen LogP contribution in [-0.2, 0) is 9.53 Å². The molecule has 21 heavy (non-hydrogen) atoms. The summed E-state index contributed by atoms with van der Waals surface area (Å²) in [5.74, 6) is -1.51. The normalized spacial score (nSPS) is 12.6. The van der Waals surface area contributed by atoms with Gasteiger partial charge in [0.2, 0.25) is 3.79 Å². The number of alkyl halides is 3. The minimum atomic E-state index is -2.18. The zero-order chi connectivity index (χ0) is 16.2. The van der Waals surface area contributed by atoms with Crippen LogP contribution in [0.25, 0.3) is 5.76 Å². The molecule has 1 heterocycles. The van der Waals surface area contributed by atoms with Gasteiger partial charge in [-0.2, -0.15) is 0 Å². The van der Waals surface area contributed by atoms with E-state index < -0.39 is 26.8 Å². The van der Waals surface area contributed by atoms with Crippen molar-refractivity contribution in [3.63, 3.8) is 0 Å². The summed E-state index contributed by atoms with van der Waals surface area (Å²) in [7, 11) is 0. The monoisotopic (exact) mass is 414 g/mol. The van der Waals surface area contributed by atoms with Gasteiger partial charge in [-0.15, -0.1) is 0 Å². The molecule has 1 aromatic heterocycles. The van der Waals surface area contributed by atoms with Gasteiger partial charge < -0.3 is 9.84 Å². The molecule has 2 N–H and O–H groups in total. The van der Waals surface area contributed by atoms with Crippen LogP contribution in [0.15, 0.2) is 28.5 Å². The van der Waals surface area contributed by atoms with Crippen LogP contribution in [0.1, 0.15) is 12.5 Å². The number of rotatable bonds is 4. The predicted molar refractivity (Wildman–Crippen MR) is 86.1 cm³/mol. The molecule has 0 amide bonds. The van der Waals surface area contributed by atoms with Crippen LogP contribution < -0.4 is 0 Å². The molecule has 0 fully saturated rings. The third-order valence-corrected chi connectivity index (χ3v) is 3.48. The summed E-state index contributed by atoms with van der Waals surface area (Å²) in [5, 5.41) is 18.1. The molecule has 0 aromatic carbocycles. The molecule has 0 radical (unpaired) electrons. The van der Waals surface area contributed by atoms with Gasteiger partial charge in [-0.3, -0.25) is 10.4 Å². The van der Waals surface area contributed by atoms with Crippen molar-refractivity contribution in [2.24, 2.45) is 0 Å². The average Bonchev–Trinajstić information content (AvgIpc) is 2.38. The number of carbonyl (C=O) groups excluding carboxylic acids is 1. The maximum Gasteiger partial charge on any atom is 0.343 e. The van der Waals surface area contributed by atoms with Crippen LogP contribution >= 0.6 is 50.7 Å². The Morgan fingerprint density at radius 3 is 2.62 bits per heavy atom. The largest absolute Gasteiger partial charge is 0.506 e. The lowest BCUT2D eigenvalue weighted by Gasteiger charge is -2.17. The number of ether oxygens (including phenoxy) is 1. The molecule has 0 saturated heterocycles. The molecule has 0 aliphatic rings. The fourth-order valence-corrected chi connectivity index (χ4v) is 2.09. The van der Waals surface area contributed by atoms with E-state index in [2.05, 4.69) is 20.9 Å². The smallest absolute Gasteiger partial charge is 0.343 e. The quantitative estimate of drug-likeness (QED) is 0.255. The summed E-state index contributed by atoms with van der Waals surface area (Å²) < 4.78 is 3.02. The van der Waals surface area contributed by atoms with Gasteiger partial charge >= 0.3 is 5.97 Å². The van der Waals surface area contributed by atoms with E-state index in [4.69, 9.17) is 44.9 Å². The Kier molecular flexibility index (Phi) is 6.46. The van der Waals surface area contributed by atoms with Crippen LogP contribution in [0.5, 0.6) is 0 Å². The summed E-state index contributed by atoms with van der Waals surface area (Å²) in [4.78, 5) is 15.8. The fraction of sp³-hybridized carbons (Fsp3) is 0.250. The third-order valence-electron chi connectivity index (χ3n) is 2.28. The molecule has 0 aliphatic carbocycles. The molecule has 5 nitrogen and oxygen atoms in total. The van der Waals surface area contributed by atoms with Gasteiger partial charge in [0.15, 0.2) is 0 Å². The Morgan fingerprint density at radius 1 is 1.52 bits per heavy atom. The number of aliphatic hydroxyl groups excluding tert-OH is 1. The number of hydrogen-bond acceptors (Lipinski definition) is 5. The van der Waals surface area contributed by atoms with E-state index in [-0.39, 0.29) is 12.2 Å². The minimum Gasteiger partial charge on any atom is -0.506 e. The first-order chi connectivity index (χ1) is 9.70. The molecule has 0 aliphatic heterocycles. The first kappa shape index (κ1) is 18.2. The average molecular weight is 416 g/mol. The summed E-state index contributed by atoms with van der Waals surface area (Å²) in [6.07, 6.45) is 2.81. The summed E-state index contributed by atoms with van der Waals surface area (Å²) in [6.45, 7) is 1.62. The van der Waals surface area contributed by atoms with Crippen molar-refractivity contribution in [3.8, 4) is 0 Å². The van der Waals surface area contributed by atoms with Gasteiger partial charge in [-0.1, -0.05) is 34.8 Å². The van der Waals surface area contributed by atoms with Crippen LogP contribution in [0.3, 0.4) is 0 Å². The minimum absolute atomic E-state index is 0.0419. The maximum absolute atomic E-state index is 12.0. The molecule has 0 saturated carbocycles. The number of halogens is 4. The topological polar surface area (TPSA) is 83.3 Å². The maximum atomic E-state index is 12.0. The second kappa shape index (κ2) is 7.45. The first-order valence-electron chi connectivity index (χ1n) is 5.56. The van der Waals surface area contributed by atoms with E-state index in [1.165, 1.54) is 18.5 Å². The van der Waals surface area contributed by atoms with Crippen LogP contribution in [0.4, 0.5) is 0 Å². The number of pyridine rings is 1. The molecule has 0 spiro atoms. The number of hydrogen-bond donors (Lipinski definition) is 2. The summed E-state index contributed by atoms with van der Waals surface area (Å²) in [5.41, 5.74) is -0.997. The molecule has 0 bridgehead atoms. The van der Waals surface area contributed by atoms with Crippen molar-refractivity contribution < 1.29 is 14.6 Å². The molecule has 9 heteroatoms. The highest BCUT2D eigenvalue weighted by molar-refractivity contribution is 9.10. The summed E-state index contributed by atoms with van der Waals surface area (Å²) in [6, 6.07) is 1.43. The Hall–Kier alpha value is -0.820. The van der Waals surface area contributed by atoms with Crippen molar-refractivity contribution >= 4 is 68.2 Å². The third kappa shape index (κ3) is 4.57. The van der Waals surface area contributed by atoms with Gasteiger partial charge in [-0.25, -0.2) is 4.79 Å². The van der Waals surface area contributed by atoms with Crippen molar-refractivity contribution in [2.45, 2.75) is 10.7 Å². The van der Waals surface area contributed by atoms with Gasteiger partial charge in [-0.05, 0) is 28.9 Å². The number of carbonyl (C=O) groups is 1. The highest BCUT2D eigenvalue weighted by atomic mass is 79.9. The number of esters is 1. The molecule has 0 unspecified atom stereocenters. The highest BCUT2D eigenvalue weighted by Gasteiger charge is 2.36. The van der Waals surface area contributed by atoms with Crippen molar-refractivity contribution in [1.29, 1.82) is 5.41 Å². The lowest BCUT2D eigenvalue weighted by Crippen LogP contribution is -2.27. The van der Waals surface area contributed by atoms with Crippen molar-refractivity contribution in [2.75, 3.05) is 6.61 Å². The van der Waals surface area contributed by atoms with Crippen LogP contribution in [0.2, 0.25) is 0 Å². The van der Waals surface area contributed by atoms with E-state index in [1.807, 2.05) is 0 Å². The number of aliphatic hydroxyl groups is 1. The van der Waals surface area contributed by atoms with Gasteiger partial charge in [0.25, 0.3) is 0 Å². The van der Waals surface area contributed by atoms with Crippen molar-refractivity contribution in [1.82, 2.24) is 4.98 Å². The van der Waals surface area contributed by atoms with E-state index in [0.717, 1.165) is 0 Å². The zero-order valence-corrected chi connectivity index (χ0v) is 14.5.